The topological polar surface area (TPSA) is 90.4 Å². The average molecular weight is 614 g/mol. The van der Waals surface area contributed by atoms with Gasteiger partial charge in [0, 0.05) is 49.1 Å². The Bertz CT molecular complexity index is 1570. The number of β-lactam (4-membered cyclic amide) rings is 1. The number of aliphatic hydroxyl groups excluding tert-OH is 1. The molecule has 0 saturated carbocycles. The highest BCUT2D eigenvalue weighted by Crippen LogP contribution is 2.58. The van der Waals surface area contributed by atoms with E-state index in [4.69, 9.17) is 4.74 Å². The SMILES string of the molecule is C[C@@H]1[C@@H](C(C)(C)F)[C@H](CC(=O)N(CCO)Cc2ccccc2)O[C@@]12C(=O)N(Cc1ccc(N3CCC3=O)cc1)c1ccccc12. The van der Waals surface area contributed by atoms with Gasteiger partial charge in [0.05, 0.1) is 31.4 Å². The van der Waals surface area contributed by atoms with E-state index in [9.17, 15) is 19.5 Å². The van der Waals surface area contributed by atoms with Gasteiger partial charge in [-0.25, -0.2) is 4.39 Å². The van der Waals surface area contributed by atoms with E-state index in [1.54, 1.807) is 14.7 Å². The summed E-state index contributed by atoms with van der Waals surface area (Å²) in [6, 6.07) is 24.6. The second-order valence-corrected chi connectivity index (χ2v) is 12.9. The fourth-order valence-corrected chi connectivity index (χ4v) is 7.43. The predicted molar refractivity (Wildman–Crippen MR) is 169 cm³/mol. The third-order valence-electron chi connectivity index (χ3n) is 9.62. The number of hydrogen-bond acceptors (Lipinski definition) is 5. The molecule has 3 aliphatic heterocycles. The summed E-state index contributed by atoms with van der Waals surface area (Å²) in [4.78, 5) is 45.1. The quantitative estimate of drug-likeness (QED) is 0.326. The van der Waals surface area contributed by atoms with Gasteiger partial charge in [-0.05, 0) is 43.2 Å². The molecule has 0 aromatic heterocycles. The molecular weight excluding hydrogens is 573 g/mol. The van der Waals surface area contributed by atoms with Gasteiger partial charge in [-0.15, -0.1) is 0 Å². The highest BCUT2D eigenvalue weighted by atomic mass is 19.1. The number of benzene rings is 3. The van der Waals surface area contributed by atoms with E-state index < -0.39 is 29.2 Å². The molecule has 3 heterocycles. The van der Waals surface area contributed by atoms with E-state index in [-0.39, 0.29) is 43.8 Å². The van der Waals surface area contributed by atoms with Crippen molar-refractivity contribution in [3.8, 4) is 0 Å². The van der Waals surface area contributed by atoms with Gasteiger partial charge in [-0.1, -0.05) is 67.6 Å². The zero-order valence-electron chi connectivity index (χ0n) is 26.0. The number of aliphatic hydroxyl groups is 1. The molecule has 0 radical (unpaired) electrons. The number of hydrogen-bond donors (Lipinski definition) is 1. The second kappa shape index (κ2) is 12.0. The summed E-state index contributed by atoms with van der Waals surface area (Å²) < 4.78 is 22.8. The molecule has 1 spiro atoms. The molecule has 9 heteroatoms. The van der Waals surface area contributed by atoms with Crippen LogP contribution in [0.25, 0.3) is 0 Å². The maximum absolute atomic E-state index is 16.1. The van der Waals surface area contributed by atoms with E-state index in [0.717, 1.165) is 16.8 Å². The number of amides is 3. The van der Waals surface area contributed by atoms with E-state index in [1.165, 1.54) is 13.8 Å². The van der Waals surface area contributed by atoms with Crippen molar-refractivity contribution < 1.29 is 28.6 Å². The summed E-state index contributed by atoms with van der Waals surface area (Å²) in [6.45, 7) is 6.02. The first-order valence-corrected chi connectivity index (χ1v) is 15.6. The van der Waals surface area contributed by atoms with Crippen LogP contribution >= 0.6 is 0 Å². The van der Waals surface area contributed by atoms with Crippen LogP contribution in [0, 0.1) is 11.8 Å². The Morgan fingerprint density at radius 2 is 1.71 bits per heavy atom. The lowest BCUT2D eigenvalue weighted by Gasteiger charge is -2.33. The van der Waals surface area contributed by atoms with Gasteiger partial charge in [0.25, 0.3) is 5.91 Å². The Labute approximate surface area is 263 Å². The molecule has 2 saturated heterocycles. The van der Waals surface area contributed by atoms with Gasteiger partial charge in [0.2, 0.25) is 11.8 Å². The first-order chi connectivity index (χ1) is 21.5. The lowest BCUT2D eigenvalue weighted by molar-refractivity contribution is -0.150. The number of alkyl halides is 1. The molecule has 1 N–H and O–H groups in total. The van der Waals surface area contributed by atoms with Crippen LogP contribution in [0.5, 0.6) is 0 Å². The van der Waals surface area contributed by atoms with Crippen LogP contribution in [0.3, 0.4) is 0 Å². The molecule has 0 unspecified atom stereocenters. The van der Waals surface area contributed by atoms with Gasteiger partial charge < -0.3 is 24.5 Å². The van der Waals surface area contributed by atoms with Crippen LogP contribution in [0.15, 0.2) is 78.9 Å². The Hall–Kier alpha value is -4.08. The van der Waals surface area contributed by atoms with Crippen LogP contribution in [-0.2, 0) is 37.8 Å². The van der Waals surface area contributed by atoms with Crippen LogP contribution in [0.4, 0.5) is 15.8 Å². The maximum atomic E-state index is 16.1. The van der Waals surface area contributed by atoms with Crippen molar-refractivity contribution >= 4 is 29.1 Å². The third-order valence-corrected chi connectivity index (χ3v) is 9.62. The van der Waals surface area contributed by atoms with Gasteiger partial charge in [0.15, 0.2) is 5.60 Å². The molecule has 0 bridgehead atoms. The first-order valence-electron chi connectivity index (χ1n) is 15.6. The van der Waals surface area contributed by atoms with E-state index in [1.807, 2.05) is 85.8 Å². The smallest absolute Gasteiger partial charge is 0.264 e. The zero-order valence-corrected chi connectivity index (χ0v) is 26.0. The molecule has 236 valence electrons. The minimum atomic E-state index is -1.75. The Balaban J connectivity index is 1.29. The summed E-state index contributed by atoms with van der Waals surface area (Å²) in [5, 5.41) is 9.73. The van der Waals surface area contributed by atoms with Crippen molar-refractivity contribution in [1.82, 2.24) is 4.90 Å². The van der Waals surface area contributed by atoms with Gasteiger partial charge in [-0.2, -0.15) is 0 Å². The number of anilines is 2. The normalized spacial score (nSPS) is 24.2. The van der Waals surface area contributed by atoms with Crippen molar-refractivity contribution in [2.75, 3.05) is 29.5 Å². The number of para-hydroxylation sites is 1. The molecule has 8 nitrogen and oxygen atoms in total. The third kappa shape index (κ3) is 5.53. The van der Waals surface area contributed by atoms with Crippen molar-refractivity contribution in [1.29, 1.82) is 0 Å². The molecule has 3 aliphatic rings. The first kappa shape index (κ1) is 30.9. The summed E-state index contributed by atoms with van der Waals surface area (Å²) in [6.07, 6.45) is -0.435. The van der Waals surface area contributed by atoms with Crippen molar-refractivity contribution in [2.24, 2.45) is 11.8 Å². The standard InChI is InChI=1S/C36H40FN3O5/c1-24-33(35(2,3)37)30(21-32(43)38(19-20-41)22-25-9-5-4-6-10-25)45-36(24)28-11-7-8-12-29(28)40(34(36)44)23-26-13-15-27(16-14-26)39-18-17-31(39)42/h4-16,24,30,33,41H,17-23H2,1-3H3/t24-,30+,33-,36+/m1/s1. The molecule has 4 atom stereocenters. The predicted octanol–water partition coefficient (Wildman–Crippen LogP) is 4.98. The van der Waals surface area contributed by atoms with Crippen LogP contribution < -0.4 is 9.80 Å². The lowest BCUT2D eigenvalue weighted by Crippen LogP contribution is -2.45. The summed E-state index contributed by atoms with van der Waals surface area (Å²) in [5.41, 5.74) is 0.792. The second-order valence-electron chi connectivity index (χ2n) is 12.9. The summed E-state index contributed by atoms with van der Waals surface area (Å²) in [7, 11) is 0. The number of carbonyl (C=O) groups excluding carboxylic acids is 3. The molecule has 6 rings (SSSR count). The number of halogens is 1. The van der Waals surface area contributed by atoms with Crippen molar-refractivity contribution in [3.63, 3.8) is 0 Å². The fourth-order valence-electron chi connectivity index (χ4n) is 7.43. The molecule has 2 fully saturated rings. The molecule has 3 aromatic rings. The highest BCUT2D eigenvalue weighted by Gasteiger charge is 2.66. The van der Waals surface area contributed by atoms with Crippen molar-refractivity contribution in [2.45, 2.75) is 64.1 Å². The Morgan fingerprint density at radius 3 is 2.33 bits per heavy atom. The molecule has 0 aliphatic carbocycles. The minimum absolute atomic E-state index is 0.0960. The lowest BCUT2D eigenvalue weighted by atomic mass is 9.71. The van der Waals surface area contributed by atoms with Gasteiger partial charge >= 0.3 is 0 Å². The number of nitrogens with zero attached hydrogens (tertiary/aromatic N) is 3. The molecule has 45 heavy (non-hydrogen) atoms. The van der Waals surface area contributed by atoms with Crippen molar-refractivity contribution in [3.05, 3.63) is 95.6 Å². The van der Waals surface area contributed by atoms with Gasteiger partial charge in [-0.3, -0.25) is 14.4 Å². The number of ether oxygens (including phenoxy) is 1. The van der Waals surface area contributed by atoms with E-state index >= 15 is 4.39 Å². The summed E-state index contributed by atoms with van der Waals surface area (Å²) >= 11 is 0. The minimum Gasteiger partial charge on any atom is -0.395 e. The number of fused-ring (bicyclic) bond motifs is 2. The number of carbonyl (C=O) groups is 3. The highest BCUT2D eigenvalue weighted by molar-refractivity contribution is 6.07. The largest absolute Gasteiger partial charge is 0.395 e. The van der Waals surface area contributed by atoms with Crippen LogP contribution in [-0.4, -0.2) is 59.2 Å². The van der Waals surface area contributed by atoms with E-state index in [0.29, 0.717) is 30.8 Å². The Kier molecular flexibility index (Phi) is 8.26. The fraction of sp³-hybridized carbons (Fsp3) is 0.417. The molecule has 3 amide bonds. The average Bonchev–Trinajstić information content (AvgIpc) is 3.44. The van der Waals surface area contributed by atoms with E-state index in [2.05, 4.69) is 0 Å². The molecule has 3 aromatic carbocycles. The number of rotatable bonds is 10. The monoisotopic (exact) mass is 613 g/mol. The summed E-state index contributed by atoms with van der Waals surface area (Å²) in [5.74, 6) is -1.78. The van der Waals surface area contributed by atoms with Gasteiger partial charge in [0.1, 0.15) is 5.67 Å². The van der Waals surface area contributed by atoms with Crippen LogP contribution in [0.1, 0.15) is 50.3 Å². The Morgan fingerprint density at radius 1 is 1.02 bits per heavy atom. The zero-order chi connectivity index (χ0) is 31.9. The molecular formula is C36H40FN3O5. The maximum Gasteiger partial charge on any atom is 0.264 e. The van der Waals surface area contributed by atoms with Crippen LogP contribution in [0.2, 0.25) is 0 Å².